The molecule has 0 aliphatic carbocycles. The minimum Gasteiger partial charge on any atom is -0.361 e. The van der Waals surface area contributed by atoms with Crippen molar-refractivity contribution >= 4 is 11.6 Å². The summed E-state index contributed by atoms with van der Waals surface area (Å²) in [5.41, 5.74) is 2.67. The molecule has 3 heterocycles. The molecule has 6 nitrogen and oxygen atoms in total. The Hall–Kier alpha value is -1.37. The van der Waals surface area contributed by atoms with E-state index in [1.165, 1.54) is 25.7 Å². The number of aromatic nitrogens is 3. The third-order valence-corrected chi connectivity index (χ3v) is 5.87. The van der Waals surface area contributed by atoms with E-state index in [0.29, 0.717) is 11.2 Å². The van der Waals surface area contributed by atoms with Crippen molar-refractivity contribution in [3.63, 3.8) is 0 Å². The second-order valence-corrected chi connectivity index (χ2v) is 8.68. The van der Waals surface area contributed by atoms with Crippen molar-refractivity contribution in [3.05, 3.63) is 22.5 Å². The van der Waals surface area contributed by atoms with E-state index in [2.05, 4.69) is 36.1 Å². The van der Waals surface area contributed by atoms with Gasteiger partial charge < -0.3 is 9.84 Å². The molecule has 3 rings (SSSR count). The Balaban J connectivity index is 1.75. The molecule has 0 radical (unpaired) electrons. The van der Waals surface area contributed by atoms with Crippen LogP contribution in [0.25, 0.3) is 11.4 Å². The molecule has 1 atom stereocenters. The highest BCUT2D eigenvalue weighted by Crippen LogP contribution is 2.30. The maximum atomic E-state index is 6.70. The van der Waals surface area contributed by atoms with Crippen LogP contribution >= 0.6 is 11.6 Å². The number of nitrogens with one attached hydrogen (secondary N) is 1. The summed E-state index contributed by atoms with van der Waals surface area (Å²) in [6, 6.07) is 2.47. The molecule has 2 aromatic rings. The standard InChI is InChI=1S/C21H34ClN5O/c1-5-27-21(22)18(20(24-27)19-12-16(4)28-25-19)14-26-11-7-6-8-17(13-26)23-10-9-15(2)3/h12,15,17,23H,5-11,13-14H2,1-4H3. The number of halogens is 1. The number of nitrogens with zero attached hydrogens (tertiary/aromatic N) is 4. The summed E-state index contributed by atoms with van der Waals surface area (Å²) in [5, 5.41) is 13.4. The van der Waals surface area contributed by atoms with Gasteiger partial charge in [-0.2, -0.15) is 5.10 Å². The normalized spacial score (nSPS) is 18.7. The van der Waals surface area contributed by atoms with Crippen LogP contribution in [0.15, 0.2) is 10.6 Å². The lowest BCUT2D eigenvalue weighted by atomic mass is 10.1. The molecule has 0 bridgehead atoms. The van der Waals surface area contributed by atoms with Crippen molar-refractivity contribution < 1.29 is 4.52 Å². The van der Waals surface area contributed by atoms with Crippen molar-refractivity contribution in [1.82, 2.24) is 25.2 Å². The number of rotatable bonds is 8. The van der Waals surface area contributed by atoms with E-state index in [9.17, 15) is 0 Å². The molecule has 0 spiro atoms. The first-order valence-electron chi connectivity index (χ1n) is 10.6. The average Bonchev–Trinajstić information content (AvgIpc) is 3.12. The molecule has 156 valence electrons. The Bertz CT molecular complexity index is 754. The van der Waals surface area contributed by atoms with Gasteiger partial charge >= 0.3 is 0 Å². The summed E-state index contributed by atoms with van der Waals surface area (Å²) in [6.45, 7) is 13.3. The van der Waals surface area contributed by atoms with Crippen LogP contribution in [0.5, 0.6) is 0 Å². The molecule has 2 aromatic heterocycles. The Morgan fingerprint density at radius 1 is 1.36 bits per heavy atom. The third-order valence-electron chi connectivity index (χ3n) is 5.44. The first-order valence-corrected chi connectivity index (χ1v) is 11.0. The molecular formula is C21H34ClN5O. The quantitative estimate of drug-likeness (QED) is 0.697. The zero-order chi connectivity index (χ0) is 20.1. The third kappa shape index (κ3) is 5.37. The van der Waals surface area contributed by atoms with Crippen LogP contribution in [-0.4, -0.2) is 45.5 Å². The molecule has 0 aromatic carbocycles. The summed E-state index contributed by atoms with van der Waals surface area (Å²) in [5.74, 6) is 1.52. The number of aryl methyl sites for hydroxylation is 2. The maximum Gasteiger partial charge on any atom is 0.134 e. The van der Waals surface area contributed by atoms with Gasteiger partial charge in [-0.1, -0.05) is 37.0 Å². The van der Waals surface area contributed by atoms with Crippen molar-refractivity contribution in [2.75, 3.05) is 19.6 Å². The Labute approximate surface area is 173 Å². The largest absolute Gasteiger partial charge is 0.361 e. The molecule has 1 N–H and O–H groups in total. The van der Waals surface area contributed by atoms with E-state index in [1.54, 1.807) is 0 Å². The molecule has 1 fully saturated rings. The van der Waals surface area contributed by atoms with Gasteiger partial charge in [-0.15, -0.1) is 0 Å². The van der Waals surface area contributed by atoms with Crippen LogP contribution in [-0.2, 0) is 13.1 Å². The second-order valence-electron chi connectivity index (χ2n) is 8.32. The number of likely N-dealkylation sites (tertiary alicyclic amines) is 1. The van der Waals surface area contributed by atoms with E-state index in [-0.39, 0.29) is 0 Å². The van der Waals surface area contributed by atoms with Crippen LogP contribution in [0.1, 0.15) is 57.8 Å². The van der Waals surface area contributed by atoms with Crippen LogP contribution in [0.4, 0.5) is 0 Å². The zero-order valence-corrected chi connectivity index (χ0v) is 18.4. The van der Waals surface area contributed by atoms with Crippen LogP contribution in [0, 0.1) is 12.8 Å². The lowest BCUT2D eigenvalue weighted by molar-refractivity contribution is 0.250. The van der Waals surface area contributed by atoms with E-state index in [4.69, 9.17) is 21.2 Å². The fourth-order valence-electron chi connectivity index (χ4n) is 3.84. The summed E-state index contributed by atoms with van der Waals surface area (Å²) < 4.78 is 7.13. The second kappa shape index (κ2) is 9.90. The Morgan fingerprint density at radius 2 is 2.18 bits per heavy atom. The van der Waals surface area contributed by atoms with E-state index in [0.717, 1.165) is 61.4 Å². The maximum absolute atomic E-state index is 6.70. The monoisotopic (exact) mass is 407 g/mol. The number of hydrogen-bond donors (Lipinski definition) is 1. The average molecular weight is 408 g/mol. The molecule has 7 heteroatoms. The van der Waals surface area contributed by atoms with Crippen LogP contribution < -0.4 is 5.32 Å². The SMILES string of the molecule is CCn1nc(-c2cc(C)on2)c(CN2CCCCC(NCCC(C)C)C2)c1Cl. The molecule has 1 unspecified atom stereocenters. The van der Waals surface area contributed by atoms with Gasteiger partial charge in [0.1, 0.15) is 22.3 Å². The number of hydrogen-bond acceptors (Lipinski definition) is 5. The minimum absolute atomic E-state index is 0.541. The first-order chi connectivity index (χ1) is 13.5. The van der Waals surface area contributed by atoms with Gasteiger partial charge in [0.15, 0.2) is 0 Å². The molecular weight excluding hydrogens is 374 g/mol. The molecule has 0 amide bonds. The summed E-state index contributed by atoms with van der Waals surface area (Å²) in [6.07, 6.45) is 4.96. The Morgan fingerprint density at radius 3 is 2.86 bits per heavy atom. The smallest absolute Gasteiger partial charge is 0.134 e. The predicted octanol–water partition coefficient (Wildman–Crippen LogP) is 4.51. The van der Waals surface area contributed by atoms with Crippen molar-refractivity contribution in [1.29, 1.82) is 0 Å². The van der Waals surface area contributed by atoms with Crippen LogP contribution in [0.2, 0.25) is 5.15 Å². The van der Waals surface area contributed by atoms with Gasteiger partial charge in [0.05, 0.1) is 0 Å². The molecule has 28 heavy (non-hydrogen) atoms. The van der Waals surface area contributed by atoms with Crippen molar-refractivity contribution in [2.24, 2.45) is 5.92 Å². The fraction of sp³-hybridized carbons (Fsp3) is 0.714. The minimum atomic E-state index is 0.541. The van der Waals surface area contributed by atoms with Gasteiger partial charge in [0.25, 0.3) is 0 Å². The molecule has 0 saturated carbocycles. The predicted molar refractivity (Wildman–Crippen MR) is 114 cm³/mol. The fourth-order valence-corrected chi connectivity index (χ4v) is 4.15. The summed E-state index contributed by atoms with van der Waals surface area (Å²) >= 11 is 6.70. The molecule has 1 aliphatic heterocycles. The van der Waals surface area contributed by atoms with Gasteiger partial charge in [-0.05, 0) is 52.1 Å². The van der Waals surface area contributed by atoms with Gasteiger partial charge in [-0.3, -0.25) is 9.58 Å². The van der Waals surface area contributed by atoms with Gasteiger partial charge in [0, 0.05) is 37.3 Å². The summed E-state index contributed by atoms with van der Waals surface area (Å²) in [4.78, 5) is 2.51. The van der Waals surface area contributed by atoms with E-state index >= 15 is 0 Å². The topological polar surface area (TPSA) is 59.1 Å². The highest BCUT2D eigenvalue weighted by atomic mass is 35.5. The van der Waals surface area contributed by atoms with E-state index in [1.807, 2.05) is 17.7 Å². The van der Waals surface area contributed by atoms with Gasteiger partial charge in [0.2, 0.25) is 0 Å². The van der Waals surface area contributed by atoms with Crippen LogP contribution in [0.3, 0.4) is 0 Å². The lowest BCUT2D eigenvalue weighted by Gasteiger charge is -2.25. The molecule has 1 aliphatic rings. The highest BCUT2D eigenvalue weighted by molar-refractivity contribution is 6.30. The van der Waals surface area contributed by atoms with E-state index < -0.39 is 0 Å². The molecule has 1 saturated heterocycles. The zero-order valence-electron chi connectivity index (χ0n) is 17.7. The highest BCUT2D eigenvalue weighted by Gasteiger charge is 2.24. The summed E-state index contributed by atoms with van der Waals surface area (Å²) in [7, 11) is 0. The Kier molecular flexibility index (Phi) is 7.55. The van der Waals surface area contributed by atoms with Crippen molar-refractivity contribution in [2.45, 2.75) is 72.5 Å². The first kappa shape index (κ1) is 21.3. The lowest BCUT2D eigenvalue weighted by Crippen LogP contribution is -2.40. The van der Waals surface area contributed by atoms with Gasteiger partial charge in [-0.25, -0.2) is 0 Å². The van der Waals surface area contributed by atoms with Crippen molar-refractivity contribution in [3.8, 4) is 11.4 Å².